The Hall–Kier alpha value is -2.43. The molecule has 0 unspecified atom stereocenters. The molecule has 0 atom stereocenters. The van der Waals surface area contributed by atoms with Gasteiger partial charge in [0.25, 0.3) is 5.56 Å². The highest BCUT2D eigenvalue weighted by Gasteiger charge is 2.05. The van der Waals surface area contributed by atoms with E-state index >= 15 is 0 Å². The van der Waals surface area contributed by atoms with E-state index in [1.807, 2.05) is 18.2 Å². The predicted octanol–water partition coefficient (Wildman–Crippen LogP) is 2.93. The third-order valence-corrected chi connectivity index (χ3v) is 3.40. The minimum Gasteiger partial charge on any atom is -0.492 e. The first-order valence-corrected chi connectivity index (χ1v) is 7.87. The lowest BCUT2D eigenvalue weighted by Crippen LogP contribution is -2.24. The molecular formula is C18H24N2O3. The number of nitrogens with zero attached hydrogens (tertiary/aromatic N) is 1. The molecule has 0 aliphatic heterocycles. The summed E-state index contributed by atoms with van der Waals surface area (Å²) in [4.78, 5) is 12.3. The van der Waals surface area contributed by atoms with Gasteiger partial charge in [0.1, 0.15) is 12.4 Å². The minimum absolute atomic E-state index is 0.132. The van der Waals surface area contributed by atoms with Crippen molar-refractivity contribution in [2.45, 2.75) is 26.8 Å². The van der Waals surface area contributed by atoms with Gasteiger partial charge in [0.05, 0.1) is 13.2 Å². The molecule has 124 valence electrons. The van der Waals surface area contributed by atoms with Gasteiger partial charge < -0.3 is 19.8 Å². The maximum absolute atomic E-state index is 12.3. The minimum atomic E-state index is -0.132. The van der Waals surface area contributed by atoms with E-state index in [4.69, 9.17) is 15.2 Å². The zero-order valence-corrected chi connectivity index (χ0v) is 13.7. The van der Waals surface area contributed by atoms with Gasteiger partial charge in [-0.1, -0.05) is 19.9 Å². The standard InChI is InChI=1S/C18H24N2O3/c1-14(2)8-11-23-17-7-4-9-20(18(17)21)10-12-22-16-6-3-5-15(19)13-16/h3-7,9,13-14H,8,10-12,19H2,1-2H3. The van der Waals surface area contributed by atoms with Gasteiger partial charge in [-0.05, 0) is 36.6 Å². The second kappa shape index (κ2) is 8.27. The van der Waals surface area contributed by atoms with Crippen LogP contribution in [0.3, 0.4) is 0 Å². The van der Waals surface area contributed by atoms with Gasteiger partial charge in [0.15, 0.2) is 5.75 Å². The van der Waals surface area contributed by atoms with E-state index < -0.39 is 0 Å². The molecule has 23 heavy (non-hydrogen) atoms. The Balaban J connectivity index is 1.91. The van der Waals surface area contributed by atoms with E-state index in [1.165, 1.54) is 0 Å². The van der Waals surface area contributed by atoms with Crippen LogP contribution < -0.4 is 20.8 Å². The van der Waals surface area contributed by atoms with Gasteiger partial charge in [-0.15, -0.1) is 0 Å². The maximum Gasteiger partial charge on any atom is 0.292 e. The van der Waals surface area contributed by atoms with E-state index in [0.29, 0.717) is 42.9 Å². The number of pyridine rings is 1. The molecule has 2 aromatic rings. The fourth-order valence-electron chi connectivity index (χ4n) is 2.07. The van der Waals surface area contributed by atoms with Crippen molar-refractivity contribution in [3.05, 3.63) is 52.9 Å². The quantitative estimate of drug-likeness (QED) is 0.760. The second-order valence-corrected chi connectivity index (χ2v) is 5.82. The van der Waals surface area contributed by atoms with Crippen molar-refractivity contribution in [3.8, 4) is 11.5 Å². The Morgan fingerprint density at radius 1 is 1.13 bits per heavy atom. The molecule has 2 rings (SSSR count). The van der Waals surface area contributed by atoms with Crippen LogP contribution in [0.4, 0.5) is 5.69 Å². The Morgan fingerprint density at radius 2 is 1.96 bits per heavy atom. The van der Waals surface area contributed by atoms with Gasteiger partial charge in [-0.25, -0.2) is 0 Å². The molecule has 0 fully saturated rings. The number of benzene rings is 1. The zero-order chi connectivity index (χ0) is 16.7. The highest BCUT2D eigenvalue weighted by Crippen LogP contribution is 2.14. The van der Waals surface area contributed by atoms with Gasteiger partial charge in [0.2, 0.25) is 0 Å². The van der Waals surface area contributed by atoms with E-state index in [9.17, 15) is 4.79 Å². The number of nitrogens with two attached hydrogens (primary N) is 1. The van der Waals surface area contributed by atoms with E-state index in [2.05, 4.69) is 13.8 Å². The Bertz CT molecular complexity index is 680. The molecule has 0 radical (unpaired) electrons. The molecule has 1 aromatic carbocycles. The third-order valence-electron chi connectivity index (χ3n) is 3.40. The lowest BCUT2D eigenvalue weighted by atomic mass is 10.1. The molecule has 0 aliphatic rings. The fraction of sp³-hybridized carbons (Fsp3) is 0.389. The molecule has 5 nitrogen and oxygen atoms in total. The zero-order valence-electron chi connectivity index (χ0n) is 13.7. The number of hydrogen-bond acceptors (Lipinski definition) is 4. The van der Waals surface area contributed by atoms with Crippen LogP contribution in [0.25, 0.3) is 0 Å². The largest absolute Gasteiger partial charge is 0.492 e. The van der Waals surface area contributed by atoms with Crippen LogP contribution >= 0.6 is 0 Å². The van der Waals surface area contributed by atoms with Crippen molar-refractivity contribution in [3.63, 3.8) is 0 Å². The summed E-state index contributed by atoms with van der Waals surface area (Å²) in [5.41, 5.74) is 6.22. The summed E-state index contributed by atoms with van der Waals surface area (Å²) in [7, 11) is 0. The van der Waals surface area contributed by atoms with E-state index in [0.717, 1.165) is 6.42 Å². The molecule has 0 bridgehead atoms. The molecule has 1 aromatic heterocycles. The van der Waals surface area contributed by atoms with Crippen molar-refractivity contribution in [2.75, 3.05) is 18.9 Å². The summed E-state index contributed by atoms with van der Waals surface area (Å²) in [6.07, 6.45) is 2.66. The maximum atomic E-state index is 12.3. The topological polar surface area (TPSA) is 66.5 Å². The SMILES string of the molecule is CC(C)CCOc1cccn(CCOc2cccc(N)c2)c1=O. The Kier molecular flexibility index (Phi) is 6.09. The molecule has 2 N–H and O–H groups in total. The van der Waals surface area contributed by atoms with Crippen molar-refractivity contribution in [1.29, 1.82) is 0 Å². The van der Waals surface area contributed by atoms with Crippen LogP contribution in [-0.2, 0) is 6.54 Å². The molecule has 0 amide bonds. The number of aromatic nitrogens is 1. The number of hydrogen-bond donors (Lipinski definition) is 1. The van der Waals surface area contributed by atoms with Crippen LogP contribution in [0.5, 0.6) is 11.5 Å². The summed E-state index contributed by atoms with van der Waals surface area (Å²) in [5, 5.41) is 0. The molecular weight excluding hydrogens is 292 g/mol. The Labute approximate surface area is 136 Å². The van der Waals surface area contributed by atoms with E-state index in [1.54, 1.807) is 29.0 Å². The summed E-state index contributed by atoms with van der Waals surface area (Å²) in [5.74, 6) is 1.63. The predicted molar refractivity (Wildman–Crippen MR) is 92.0 cm³/mol. The summed E-state index contributed by atoms with van der Waals surface area (Å²) < 4.78 is 12.8. The fourth-order valence-corrected chi connectivity index (χ4v) is 2.07. The van der Waals surface area contributed by atoms with Crippen LogP contribution in [0.15, 0.2) is 47.4 Å². The smallest absolute Gasteiger partial charge is 0.292 e. The average molecular weight is 316 g/mol. The van der Waals surface area contributed by atoms with E-state index in [-0.39, 0.29) is 5.56 Å². The third kappa shape index (κ3) is 5.36. The molecule has 0 aliphatic carbocycles. The Morgan fingerprint density at radius 3 is 2.70 bits per heavy atom. The van der Waals surface area contributed by atoms with Crippen molar-refractivity contribution >= 4 is 5.69 Å². The summed E-state index contributed by atoms with van der Waals surface area (Å²) >= 11 is 0. The van der Waals surface area contributed by atoms with Crippen LogP contribution in [0, 0.1) is 5.92 Å². The molecule has 0 saturated carbocycles. The number of anilines is 1. The summed E-state index contributed by atoms with van der Waals surface area (Å²) in [6.45, 7) is 5.64. The monoisotopic (exact) mass is 316 g/mol. The molecule has 0 spiro atoms. The number of rotatable bonds is 8. The van der Waals surface area contributed by atoms with Crippen LogP contribution in [0.1, 0.15) is 20.3 Å². The first-order valence-electron chi connectivity index (χ1n) is 7.87. The van der Waals surface area contributed by atoms with Gasteiger partial charge in [-0.2, -0.15) is 0 Å². The molecule has 5 heteroatoms. The molecule has 0 saturated heterocycles. The average Bonchev–Trinajstić information content (AvgIpc) is 2.50. The summed E-state index contributed by atoms with van der Waals surface area (Å²) in [6, 6.07) is 10.7. The van der Waals surface area contributed by atoms with Crippen molar-refractivity contribution in [1.82, 2.24) is 4.57 Å². The van der Waals surface area contributed by atoms with Gasteiger partial charge in [0, 0.05) is 18.0 Å². The number of nitrogen functional groups attached to an aromatic ring is 1. The highest BCUT2D eigenvalue weighted by atomic mass is 16.5. The molecule has 1 heterocycles. The second-order valence-electron chi connectivity index (χ2n) is 5.82. The number of ether oxygens (including phenoxy) is 2. The van der Waals surface area contributed by atoms with Crippen LogP contribution in [-0.4, -0.2) is 17.8 Å². The lowest BCUT2D eigenvalue weighted by molar-refractivity contribution is 0.276. The first-order chi connectivity index (χ1) is 11.1. The highest BCUT2D eigenvalue weighted by molar-refractivity contribution is 5.43. The normalized spacial score (nSPS) is 10.7. The van der Waals surface area contributed by atoms with Crippen LogP contribution in [0.2, 0.25) is 0 Å². The van der Waals surface area contributed by atoms with Crippen molar-refractivity contribution < 1.29 is 9.47 Å². The van der Waals surface area contributed by atoms with Gasteiger partial charge >= 0.3 is 0 Å². The van der Waals surface area contributed by atoms with Crippen molar-refractivity contribution in [2.24, 2.45) is 5.92 Å². The lowest BCUT2D eigenvalue weighted by Gasteiger charge is -2.11. The van der Waals surface area contributed by atoms with Gasteiger partial charge in [-0.3, -0.25) is 4.79 Å². The first kappa shape index (κ1) is 16.9.